The molecule has 6 nitrogen and oxygen atoms in total. The Hall–Kier alpha value is -1.96. The van der Waals surface area contributed by atoms with Crippen LogP contribution in [-0.2, 0) is 4.79 Å². The maximum Gasteiger partial charge on any atom is 0.222 e. The number of primary amides is 1. The lowest BCUT2D eigenvalue weighted by atomic mass is 9.97. The van der Waals surface area contributed by atoms with Gasteiger partial charge in [0.05, 0.1) is 5.92 Å². The summed E-state index contributed by atoms with van der Waals surface area (Å²) in [5.74, 6) is 2.40. The fourth-order valence-corrected chi connectivity index (χ4v) is 2.18. The molecule has 1 unspecified atom stereocenters. The van der Waals surface area contributed by atoms with Crippen LogP contribution in [-0.4, -0.2) is 24.0 Å². The van der Waals surface area contributed by atoms with Crippen LogP contribution in [0.2, 0.25) is 0 Å². The minimum Gasteiger partial charge on any atom is -0.369 e. The van der Waals surface area contributed by atoms with Crippen molar-refractivity contribution in [1.29, 1.82) is 0 Å². The van der Waals surface area contributed by atoms with Gasteiger partial charge >= 0.3 is 0 Å². The SMILES string of the molecule is NNc1nc(N2CCCC(C(N)=O)C2)c(F)cc1F. The van der Waals surface area contributed by atoms with Crippen LogP contribution in [0.15, 0.2) is 6.07 Å². The van der Waals surface area contributed by atoms with Gasteiger partial charge in [0.1, 0.15) is 0 Å². The summed E-state index contributed by atoms with van der Waals surface area (Å²) in [6.07, 6.45) is 1.36. The first kappa shape index (κ1) is 13.5. The Bertz CT molecular complexity index is 496. The number of carbonyl (C=O) groups excluding carboxylic acids is 1. The Morgan fingerprint density at radius 3 is 2.84 bits per heavy atom. The molecule has 1 aromatic rings. The summed E-state index contributed by atoms with van der Waals surface area (Å²) in [6.45, 7) is 0.804. The van der Waals surface area contributed by atoms with Gasteiger partial charge in [-0.2, -0.15) is 0 Å². The second kappa shape index (κ2) is 5.35. The van der Waals surface area contributed by atoms with Crippen molar-refractivity contribution >= 4 is 17.5 Å². The van der Waals surface area contributed by atoms with E-state index in [1.54, 1.807) is 4.90 Å². The predicted octanol–water partition coefficient (Wildman–Crippen LogP) is 0.347. The third kappa shape index (κ3) is 2.73. The molecule has 0 aliphatic carbocycles. The quantitative estimate of drug-likeness (QED) is 0.544. The highest BCUT2D eigenvalue weighted by Gasteiger charge is 2.27. The van der Waals surface area contributed by atoms with Gasteiger partial charge in [-0.25, -0.2) is 19.6 Å². The highest BCUT2D eigenvalue weighted by Crippen LogP contribution is 2.26. The van der Waals surface area contributed by atoms with E-state index in [0.29, 0.717) is 25.5 Å². The lowest BCUT2D eigenvalue weighted by molar-refractivity contribution is -0.122. The maximum atomic E-state index is 13.8. The number of nitrogens with two attached hydrogens (primary N) is 2. The molecule has 1 aliphatic rings. The zero-order valence-electron chi connectivity index (χ0n) is 10.2. The minimum absolute atomic E-state index is 0.0275. The van der Waals surface area contributed by atoms with E-state index in [1.807, 2.05) is 0 Å². The fraction of sp³-hybridized carbons (Fsp3) is 0.455. The molecule has 2 rings (SSSR count). The molecule has 0 saturated carbocycles. The van der Waals surface area contributed by atoms with Crippen molar-refractivity contribution in [2.75, 3.05) is 23.4 Å². The highest BCUT2D eigenvalue weighted by atomic mass is 19.1. The zero-order valence-corrected chi connectivity index (χ0v) is 10.2. The van der Waals surface area contributed by atoms with Gasteiger partial charge < -0.3 is 16.1 Å². The van der Waals surface area contributed by atoms with Crippen LogP contribution in [0, 0.1) is 17.6 Å². The Balaban J connectivity index is 2.28. The topological polar surface area (TPSA) is 97.3 Å². The average molecular weight is 271 g/mol. The van der Waals surface area contributed by atoms with E-state index in [2.05, 4.69) is 10.4 Å². The third-order valence-electron chi connectivity index (χ3n) is 3.17. The molecule has 1 atom stereocenters. The highest BCUT2D eigenvalue weighted by molar-refractivity contribution is 5.77. The molecule has 0 radical (unpaired) electrons. The van der Waals surface area contributed by atoms with Gasteiger partial charge in [-0.05, 0) is 12.8 Å². The Kier molecular flexibility index (Phi) is 3.79. The van der Waals surface area contributed by atoms with Crippen LogP contribution >= 0.6 is 0 Å². The average Bonchev–Trinajstić information content (AvgIpc) is 2.39. The summed E-state index contributed by atoms with van der Waals surface area (Å²) >= 11 is 0. The number of halogens is 2. The van der Waals surface area contributed by atoms with E-state index in [4.69, 9.17) is 11.6 Å². The number of pyridine rings is 1. The largest absolute Gasteiger partial charge is 0.369 e. The minimum atomic E-state index is -0.868. The number of hydrazine groups is 1. The molecule has 8 heteroatoms. The molecular weight excluding hydrogens is 256 g/mol. The summed E-state index contributed by atoms with van der Waals surface area (Å²) in [7, 11) is 0. The number of aromatic nitrogens is 1. The van der Waals surface area contributed by atoms with Gasteiger partial charge in [0.15, 0.2) is 23.3 Å². The molecule has 19 heavy (non-hydrogen) atoms. The molecule has 104 valence electrons. The van der Waals surface area contributed by atoms with Crippen LogP contribution in [0.25, 0.3) is 0 Å². The number of amides is 1. The van der Waals surface area contributed by atoms with E-state index in [9.17, 15) is 13.6 Å². The summed E-state index contributed by atoms with van der Waals surface area (Å²) in [5, 5.41) is 0. The van der Waals surface area contributed by atoms with E-state index < -0.39 is 17.5 Å². The Morgan fingerprint density at radius 1 is 1.47 bits per heavy atom. The monoisotopic (exact) mass is 271 g/mol. The molecular formula is C11H15F2N5O. The second-order valence-electron chi connectivity index (χ2n) is 4.46. The molecule has 0 bridgehead atoms. The van der Waals surface area contributed by atoms with Crippen LogP contribution in [0.3, 0.4) is 0 Å². The second-order valence-corrected chi connectivity index (χ2v) is 4.46. The molecule has 1 aliphatic heterocycles. The standard InChI is InChI=1S/C11H15F2N5O/c12-7-4-8(13)11(16-10(7)17-15)18-3-1-2-6(5-18)9(14)19/h4,6H,1-3,5,15H2,(H2,14,19)(H,16,17). The molecule has 1 fully saturated rings. The molecule has 5 N–H and O–H groups in total. The number of nitrogens with one attached hydrogen (secondary N) is 1. The normalized spacial score (nSPS) is 19.3. The van der Waals surface area contributed by atoms with E-state index >= 15 is 0 Å². The first-order chi connectivity index (χ1) is 9.02. The first-order valence-corrected chi connectivity index (χ1v) is 5.90. The van der Waals surface area contributed by atoms with Crippen LogP contribution in [0.5, 0.6) is 0 Å². The smallest absolute Gasteiger partial charge is 0.222 e. The van der Waals surface area contributed by atoms with Crippen LogP contribution < -0.4 is 21.9 Å². The predicted molar refractivity (Wildman–Crippen MR) is 66.1 cm³/mol. The number of hydrogen-bond acceptors (Lipinski definition) is 5. The lowest BCUT2D eigenvalue weighted by Crippen LogP contribution is -2.42. The Morgan fingerprint density at radius 2 is 2.21 bits per heavy atom. The van der Waals surface area contributed by atoms with Gasteiger partial charge in [0.2, 0.25) is 5.91 Å². The van der Waals surface area contributed by atoms with Crippen LogP contribution in [0.4, 0.5) is 20.4 Å². The van der Waals surface area contributed by atoms with E-state index in [-0.39, 0.29) is 24.1 Å². The number of nitrogen functional groups attached to an aromatic ring is 1. The van der Waals surface area contributed by atoms with Crippen molar-refractivity contribution < 1.29 is 13.6 Å². The third-order valence-corrected chi connectivity index (χ3v) is 3.17. The number of nitrogens with zero attached hydrogens (tertiary/aromatic N) is 2. The molecule has 2 heterocycles. The van der Waals surface area contributed by atoms with E-state index in [1.165, 1.54) is 0 Å². The number of hydrogen-bond donors (Lipinski definition) is 3. The van der Waals surface area contributed by atoms with Gasteiger partial charge in [-0.1, -0.05) is 0 Å². The number of carbonyl (C=O) groups is 1. The molecule has 0 aromatic carbocycles. The van der Waals surface area contributed by atoms with Gasteiger partial charge in [-0.3, -0.25) is 4.79 Å². The van der Waals surface area contributed by atoms with Gasteiger partial charge in [0, 0.05) is 19.2 Å². The zero-order chi connectivity index (χ0) is 14.0. The molecule has 1 aromatic heterocycles. The maximum absolute atomic E-state index is 13.8. The number of anilines is 2. The molecule has 1 amide bonds. The Labute approximate surface area is 108 Å². The van der Waals surface area contributed by atoms with Gasteiger partial charge in [-0.15, -0.1) is 0 Å². The lowest BCUT2D eigenvalue weighted by Gasteiger charge is -2.32. The van der Waals surface area contributed by atoms with Gasteiger partial charge in [0.25, 0.3) is 0 Å². The van der Waals surface area contributed by atoms with Crippen molar-refractivity contribution in [2.24, 2.45) is 17.5 Å². The fourth-order valence-electron chi connectivity index (χ4n) is 2.18. The van der Waals surface area contributed by atoms with Crippen molar-refractivity contribution in [3.63, 3.8) is 0 Å². The van der Waals surface area contributed by atoms with Crippen molar-refractivity contribution in [3.05, 3.63) is 17.7 Å². The summed E-state index contributed by atoms with van der Waals surface area (Å²) in [6, 6.07) is 0.714. The van der Waals surface area contributed by atoms with E-state index in [0.717, 1.165) is 0 Å². The van der Waals surface area contributed by atoms with Crippen molar-refractivity contribution in [2.45, 2.75) is 12.8 Å². The van der Waals surface area contributed by atoms with Crippen molar-refractivity contribution in [1.82, 2.24) is 4.98 Å². The number of piperidine rings is 1. The summed E-state index contributed by atoms with van der Waals surface area (Å²) in [5.41, 5.74) is 7.32. The summed E-state index contributed by atoms with van der Waals surface area (Å²) < 4.78 is 27.0. The first-order valence-electron chi connectivity index (χ1n) is 5.90. The van der Waals surface area contributed by atoms with Crippen molar-refractivity contribution in [3.8, 4) is 0 Å². The molecule has 0 spiro atoms. The summed E-state index contributed by atoms with van der Waals surface area (Å²) in [4.78, 5) is 16.6. The molecule has 1 saturated heterocycles. The number of rotatable bonds is 3. The van der Waals surface area contributed by atoms with Crippen LogP contribution in [0.1, 0.15) is 12.8 Å².